The van der Waals surface area contributed by atoms with E-state index in [1.54, 1.807) is 6.07 Å². The topological polar surface area (TPSA) is 89.3 Å². The molecule has 0 spiro atoms. The highest BCUT2D eigenvalue weighted by molar-refractivity contribution is 7.88. The van der Waals surface area contributed by atoms with E-state index in [1.165, 1.54) is 18.2 Å². The second kappa shape index (κ2) is 5.50. The average molecular weight is 282 g/mol. The molecule has 6 nitrogen and oxygen atoms in total. The molecule has 0 amide bonds. The Kier molecular flexibility index (Phi) is 3.96. The van der Waals surface area contributed by atoms with Crippen LogP contribution in [0.4, 0.5) is 5.69 Å². The van der Waals surface area contributed by atoms with Gasteiger partial charge < -0.3 is 0 Å². The Labute approximate surface area is 111 Å². The van der Waals surface area contributed by atoms with Crippen LogP contribution in [0.25, 0.3) is 0 Å². The van der Waals surface area contributed by atoms with Crippen LogP contribution < -0.4 is 4.72 Å². The molecule has 1 aliphatic rings. The van der Waals surface area contributed by atoms with Gasteiger partial charge in [-0.15, -0.1) is 0 Å². The van der Waals surface area contributed by atoms with Crippen molar-refractivity contribution >= 4 is 15.7 Å². The van der Waals surface area contributed by atoms with Crippen molar-refractivity contribution in [3.8, 4) is 0 Å². The summed E-state index contributed by atoms with van der Waals surface area (Å²) in [4.78, 5) is 10.3. The molecule has 0 heterocycles. The summed E-state index contributed by atoms with van der Waals surface area (Å²) < 4.78 is 26.5. The highest BCUT2D eigenvalue weighted by Crippen LogP contribution is 2.20. The standard InChI is InChI=1S/C12H14N2O4S/c15-14(16)12-8-4-1-5-10(12)9-19(17,18)13-11-6-2-3-7-11/h1-5,8,11,13H,6-7,9H2. The minimum Gasteiger partial charge on any atom is -0.258 e. The van der Waals surface area contributed by atoms with E-state index in [9.17, 15) is 18.5 Å². The van der Waals surface area contributed by atoms with Crippen molar-refractivity contribution in [3.63, 3.8) is 0 Å². The molecule has 0 atom stereocenters. The Morgan fingerprint density at radius 2 is 1.89 bits per heavy atom. The predicted octanol–water partition coefficient (Wildman–Crippen LogP) is 1.73. The first-order valence-corrected chi connectivity index (χ1v) is 7.50. The lowest BCUT2D eigenvalue weighted by Gasteiger charge is -2.12. The Hall–Kier alpha value is -1.73. The van der Waals surface area contributed by atoms with Gasteiger partial charge in [-0.2, -0.15) is 0 Å². The number of nitrogens with zero attached hydrogens (tertiary/aromatic N) is 1. The summed E-state index contributed by atoms with van der Waals surface area (Å²) in [6.07, 6.45) is 5.16. The van der Waals surface area contributed by atoms with Gasteiger partial charge in [0.1, 0.15) is 0 Å². The van der Waals surface area contributed by atoms with E-state index < -0.39 is 14.9 Å². The quantitative estimate of drug-likeness (QED) is 0.506. The Morgan fingerprint density at radius 3 is 2.53 bits per heavy atom. The van der Waals surface area contributed by atoms with Gasteiger partial charge >= 0.3 is 0 Å². The fraction of sp³-hybridized carbons (Fsp3) is 0.333. The van der Waals surface area contributed by atoms with Gasteiger partial charge in [0.15, 0.2) is 0 Å². The van der Waals surface area contributed by atoms with Crippen LogP contribution in [0.5, 0.6) is 0 Å². The number of benzene rings is 1. The number of nitro groups is 1. The van der Waals surface area contributed by atoms with Crippen molar-refractivity contribution in [1.82, 2.24) is 4.72 Å². The molecule has 0 fully saturated rings. The summed E-state index contributed by atoms with van der Waals surface area (Å²) in [5.41, 5.74) is 0.0309. The predicted molar refractivity (Wildman–Crippen MR) is 71.0 cm³/mol. The number of nitrogens with one attached hydrogen (secondary N) is 1. The first kappa shape index (κ1) is 13.7. The molecular formula is C12H14N2O4S. The first-order chi connectivity index (χ1) is 8.98. The second-order valence-electron chi connectivity index (χ2n) is 4.40. The fourth-order valence-corrected chi connectivity index (χ4v) is 3.46. The zero-order valence-corrected chi connectivity index (χ0v) is 11.0. The van der Waals surface area contributed by atoms with Gasteiger partial charge in [-0.1, -0.05) is 30.4 Å². The number of nitro benzene ring substituents is 1. The number of rotatable bonds is 5. The van der Waals surface area contributed by atoms with Crippen molar-refractivity contribution in [1.29, 1.82) is 0 Å². The molecule has 0 bridgehead atoms. The third kappa shape index (κ3) is 3.62. The summed E-state index contributed by atoms with van der Waals surface area (Å²) in [6, 6.07) is 5.75. The van der Waals surface area contributed by atoms with Crippen LogP contribution in [0.2, 0.25) is 0 Å². The van der Waals surface area contributed by atoms with Crippen LogP contribution >= 0.6 is 0 Å². The van der Waals surface area contributed by atoms with Crippen LogP contribution in [0.3, 0.4) is 0 Å². The Balaban J connectivity index is 2.13. The van der Waals surface area contributed by atoms with Crippen LogP contribution in [0.15, 0.2) is 36.4 Å². The smallest absolute Gasteiger partial charge is 0.258 e. The number of para-hydroxylation sites is 1. The second-order valence-corrected chi connectivity index (χ2v) is 6.16. The number of hydrogen-bond donors (Lipinski definition) is 1. The van der Waals surface area contributed by atoms with Crippen LogP contribution in [0.1, 0.15) is 18.4 Å². The van der Waals surface area contributed by atoms with Crippen molar-refractivity contribution in [2.45, 2.75) is 24.6 Å². The largest absolute Gasteiger partial charge is 0.273 e. The number of sulfonamides is 1. The minimum atomic E-state index is -3.57. The highest BCUT2D eigenvalue weighted by atomic mass is 32.2. The zero-order chi connectivity index (χ0) is 13.9. The monoisotopic (exact) mass is 282 g/mol. The Bertz CT molecular complexity index is 602. The molecule has 19 heavy (non-hydrogen) atoms. The summed E-state index contributed by atoms with van der Waals surface area (Å²) >= 11 is 0. The third-order valence-electron chi connectivity index (χ3n) is 2.89. The van der Waals surface area contributed by atoms with Gasteiger partial charge in [0.05, 0.1) is 10.7 Å². The molecular weight excluding hydrogens is 268 g/mol. The van der Waals surface area contributed by atoms with Crippen LogP contribution in [-0.2, 0) is 15.8 Å². The van der Waals surface area contributed by atoms with Gasteiger partial charge in [0.2, 0.25) is 10.0 Å². The molecule has 1 aromatic carbocycles. The first-order valence-electron chi connectivity index (χ1n) is 5.85. The molecule has 1 aliphatic carbocycles. The molecule has 1 aromatic rings. The lowest BCUT2D eigenvalue weighted by molar-refractivity contribution is -0.385. The average Bonchev–Trinajstić information content (AvgIpc) is 2.80. The van der Waals surface area contributed by atoms with Crippen molar-refractivity contribution in [2.24, 2.45) is 0 Å². The minimum absolute atomic E-state index is 0.132. The van der Waals surface area contributed by atoms with Gasteiger partial charge in [0, 0.05) is 17.7 Å². The lowest BCUT2D eigenvalue weighted by atomic mass is 10.2. The van der Waals surface area contributed by atoms with E-state index in [0.717, 1.165) is 0 Å². The molecule has 0 radical (unpaired) electrons. The molecule has 0 aliphatic heterocycles. The van der Waals surface area contributed by atoms with Crippen molar-refractivity contribution < 1.29 is 13.3 Å². The molecule has 7 heteroatoms. The van der Waals surface area contributed by atoms with Gasteiger partial charge in [-0.3, -0.25) is 10.1 Å². The van der Waals surface area contributed by atoms with E-state index >= 15 is 0 Å². The van der Waals surface area contributed by atoms with Gasteiger partial charge in [-0.25, -0.2) is 13.1 Å². The maximum Gasteiger partial charge on any atom is 0.273 e. The van der Waals surface area contributed by atoms with E-state index in [2.05, 4.69) is 4.72 Å². The molecule has 0 aromatic heterocycles. The summed E-state index contributed by atoms with van der Waals surface area (Å²) in [5.74, 6) is -0.374. The molecule has 0 unspecified atom stereocenters. The van der Waals surface area contributed by atoms with E-state index in [4.69, 9.17) is 0 Å². The molecule has 0 saturated heterocycles. The van der Waals surface area contributed by atoms with E-state index in [0.29, 0.717) is 12.8 Å². The van der Waals surface area contributed by atoms with E-state index in [1.807, 2.05) is 12.2 Å². The van der Waals surface area contributed by atoms with Crippen molar-refractivity contribution in [3.05, 3.63) is 52.1 Å². The van der Waals surface area contributed by atoms with Crippen LogP contribution in [-0.4, -0.2) is 19.4 Å². The lowest BCUT2D eigenvalue weighted by Crippen LogP contribution is -2.33. The highest BCUT2D eigenvalue weighted by Gasteiger charge is 2.22. The number of hydrogen-bond acceptors (Lipinski definition) is 4. The molecule has 1 N–H and O–H groups in total. The normalized spacial score (nSPS) is 15.8. The SMILES string of the molecule is O=[N+]([O-])c1ccccc1CS(=O)(=O)NC1CC=CC1. The summed E-state index contributed by atoms with van der Waals surface area (Å²) in [5, 5.41) is 10.8. The fourth-order valence-electron chi connectivity index (χ4n) is 2.02. The van der Waals surface area contributed by atoms with Crippen molar-refractivity contribution in [2.75, 3.05) is 0 Å². The molecule has 0 saturated carbocycles. The van der Waals surface area contributed by atoms with E-state index in [-0.39, 0.29) is 23.0 Å². The van der Waals surface area contributed by atoms with Crippen LogP contribution in [0, 0.1) is 10.1 Å². The molecule has 102 valence electrons. The maximum atomic E-state index is 12.0. The third-order valence-corrected chi connectivity index (χ3v) is 4.27. The molecule has 2 rings (SSSR count). The summed E-state index contributed by atoms with van der Waals surface area (Å²) in [6.45, 7) is 0. The zero-order valence-electron chi connectivity index (χ0n) is 10.2. The van der Waals surface area contributed by atoms with Gasteiger partial charge in [0.25, 0.3) is 5.69 Å². The summed E-state index contributed by atoms with van der Waals surface area (Å²) in [7, 11) is -3.57. The maximum absolute atomic E-state index is 12.0. The Morgan fingerprint density at radius 1 is 1.26 bits per heavy atom. The van der Waals surface area contributed by atoms with Gasteiger partial charge in [-0.05, 0) is 12.8 Å².